The Balaban J connectivity index is 1.25. The highest BCUT2D eigenvalue weighted by Gasteiger charge is 2.16. The number of fused-ring (bicyclic) bond motifs is 1. The van der Waals surface area contributed by atoms with Crippen molar-refractivity contribution in [1.29, 1.82) is 0 Å². The first-order valence-corrected chi connectivity index (χ1v) is 15.1. The maximum absolute atomic E-state index is 11.8. The van der Waals surface area contributed by atoms with Gasteiger partial charge in [-0.25, -0.2) is 0 Å². The van der Waals surface area contributed by atoms with Gasteiger partial charge in [0.1, 0.15) is 37.9 Å². The SMILES string of the molecule is COC(=O)CCNSc1cncc(COc2cc(OCc3cccc(-c4ccc5c(c4)OCCO5)c3C)c(Cl)cc2C=O)c1. The topological polar surface area (TPSA) is 105 Å². The molecule has 0 saturated heterocycles. The monoisotopic (exact) mass is 634 g/mol. The summed E-state index contributed by atoms with van der Waals surface area (Å²) in [5, 5.41) is 0.304. The van der Waals surface area contributed by atoms with Crippen molar-refractivity contribution in [2.45, 2.75) is 31.5 Å². The average molecular weight is 635 g/mol. The van der Waals surface area contributed by atoms with Gasteiger partial charge in [-0.3, -0.25) is 19.3 Å². The van der Waals surface area contributed by atoms with Crippen LogP contribution in [0.2, 0.25) is 5.02 Å². The van der Waals surface area contributed by atoms with Gasteiger partial charge in [-0.2, -0.15) is 0 Å². The van der Waals surface area contributed by atoms with E-state index in [1.807, 2.05) is 43.3 Å². The molecule has 1 N–H and O–H groups in total. The molecule has 9 nitrogen and oxygen atoms in total. The van der Waals surface area contributed by atoms with Crippen molar-refractivity contribution in [2.75, 3.05) is 26.9 Å². The number of aromatic nitrogens is 1. The minimum atomic E-state index is -0.282. The van der Waals surface area contributed by atoms with Gasteiger partial charge in [0.25, 0.3) is 0 Å². The molecule has 44 heavy (non-hydrogen) atoms. The largest absolute Gasteiger partial charge is 0.488 e. The summed E-state index contributed by atoms with van der Waals surface area (Å²) in [5.74, 6) is 1.94. The molecular weight excluding hydrogens is 604 g/mol. The molecule has 4 aromatic rings. The zero-order valence-electron chi connectivity index (χ0n) is 24.3. The molecule has 11 heteroatoms. The number of halogens is 1. The number of hydrogen-bond donors (Lipinski definition) is 1. The predicted octanol–water partition coefficient (Wildman–Crippen LogP) is 6.61. The first-order chi connectivity index (χ1) is 21.4. The maximum atomic E-state index is 11.8. The van der Waals surface area contributed by atoms with Crippen LogP contribution in [-0.4, -0.2) is 44.1 Å². The number of methoxy groups -OCH3 is 1. The van der Waals surface area contributed by atoms with Crippen LogP contribution in [0, 0.1) is 6.92 Å². The Labute approximate surface area is 264 Å². The quantitative estimate of drug-likeness (QED) is 0.0747. The summed E-state index contributed by atoms with van der Waals surface area (Å²) in [7, 11) is 1.36. The summed E-state index contributed by atoms with van der Waals surface area (Å²) in [6.45, 7) is 4.00. The molecule has 0 saturated carbocycles. The summed E-state index contributed by atoms with van der Waals surface area (Å²) < 4.78 is 31.3. The van der Waals surface area contributed by atoms with Gasteiger partial charge in [0, 0.05) is 35.5 Å². The summed E-state index contributed by atoms with van der Waals surface area (Å²) in [5.41, 5.74) is 5.23. The van der Waals surface area contributed by atoms with E-state index in [0.717, 1.165) is 44.2 Å². The molecule has 228 valence electrons. The Hall–Kier alpha value is -4.25. The van der Waals surface area contributed by atoms with Crippen LogP contribution in [0.4, 0.5) is 0 Å². The molecule has 0 atom stereocenters. The maximum Gasteiger partial charge on any atom is 0.306 e. The van der Waals surface area contributed by atoms with Crippen LogP contribution in [-0.2, 0) is 22.7 Å². The first kappa shape index (κ1) is 31.2. The first-order valence-electron chi connectivity index (χ1n) is 13.9. The van der Waals surface area contributed by atoms with Crippen molar-refractivity contribution in [2.24, 2.45) is 0 Å². The lowest BCUT2D eigenvalue weighted by Gasteiger charge is -2.20. The second-order valence-corrected chi connectivity index (χ2v) is 11.2. The molecule has 2 heterocycles. The fraction of sp³-hybridized carbons (Fsp3) is 0.242. The molecule has 0 aliphatic carbocycles. The predicted molar refractivity (Wildman–Crippen MR) is 168 cm³/mol. The van der Waals surface area contributed by atoms with Crippen LogP contribution in [0.25, 0.3) is 11.1 Å². The molecule has 1 aliphatic rings. The smallest absolute Gasteiger partial charge is 0.306 e. The van der Waals surface area contributed by atoms with Crippen LogP contribution >= 0.6 is 23.5 Å². The van der Waals surface area contributed by atoms with E-state index in [0.29, 0.717) is 48.1 Å². The highest BCUT2D eigenvalue weighted by Crippen LogP contribution is 2.37. The van der Waals surface area contributed by atoms with Gasteiger partial charge in [-0.05, 0) is 65.4 Å². The number of esters is 1. The van der Waals surface area contributed by atoms with E-state index < -0.39 is 0 Å². The van der Waals surface area contributed by atoms with Crippen LogP contribution in [0.5, 0.6) is 23.0 Å². The van der Waals surface area contributed by atoms with Crippen LogP contribution in [0.1, 0.15) is 33.5 Å². The molecule has 0 amide bonds. The minimum Gasteiger partial charge on any atom is -0.488 e. The molecule has 0 unspecified atom stereocenters. The molecule has 5 rings (SSSR count). The third kappa shape index (κ3) is 7.82. The van der Waals surface area contributed by atoms with Crippen molar-refractivity contribution >= 4 is 35.8 Å². The van der Waals surface area contributed by atoms with E-state index in [-0.39, 0.29) is 25.6 Å². The summed E-state index contributed by atoms with van der Waals surface area (Å²) in [4.78, 5) is 28.2. The fourth-order valence-corrected chi connectivity index (χ4v) is 5.47. The van der Waals surface area contributed by atoms with Crippen molar-refractivity contribution in [3.63, 3.8) is 0 Å². The van der Waals surface area contributed by atoms with Gasteiger partial charge in [-0.15, -0.1) is 0 Å². The normalized spacial score (nSPS) is 12.0. The van der Waals surface area contributed by atoms with E-state index >= 15 is 0 Å². The van der Waals surface area contributed by atoms with E-state index in [2.05, 4.69) is 20.5 Å². The number of pyridine rings is 1. The Morgan fingerprint density at radius 1 is 1.02 bits per heavy atom. The van der Waals surface area contributed by atoms with Gasteiger partial charge in [0.15, 0.2) is 17.8 Å². The van der Waals surface area contributed by atoms with Gasteiger partial charge in [0.2, 0.25) is 0 Å². The summed E-state index contributed by atoms with van der Waals surface area (Å²) in [6.07, 6.45) is 4.35. The van der Waals surface area contributed by atoms with Crippen LogP contribution < -0.4 is 23.7 Å². The highest BCUT2D eigenvalue weighted by molar-refractivity contribution is 7.97. The lowest BCUT2D eigenvalue weighted by atomic mass is 9.96. The number of benzene rings is 3. The van der Waals surface area contributed by atoms with E-state index in [1.165, 1.54) is 25.1 Å². The lowest BCUT2D eigenvalue weighted by molar-refractivity contribution is -0.140. The van der Waals surface area contributed by atoms with Crippen molar-refractivity contribution in [3.05, 3.63) is 94.3 Å². The number of carbonyl (C=O) groups is 2. The van der Waals surface area contributed by atoms with Crippen LogP contribution in [0.3, 0.4) is 0 Å². The number of carbonyl (C=O) groups excluding carboxylic acids is 2. The van der Waals surface area contributed by atoms with E-state index in [1.54, 1.807) is 18.5 Å². The van der Waals surface area contributed by atoms with Crippen molar-refractivity contribution < 1.29 is 33.3 Å². The minimum absolute atomic E-state index is 0.169. The van der Waals surface area contributed by atoms with Gasteiger partial charge in [0.05, 0.1) is 24.1 Å². The molecular formula is C33H31ClN2O7S. The fourth-order valence-electron chi connectivity index (χ4n) is 4.55. The Kier molecular flexibility index (Phi) is 10.6. The molecule has 0 fully saturated rings. The molecule has 3 aromatic carbocycles. The third-order valence-electron chi connectivity index (χ3n) is 6.89. The zero-order valence-corrected chi connectivity index (χ0v) is 25.8. The lowest BCUT2D eigenvalue weighted by Crippen LogP contribution is -2.15. The Bertz CT molecular complexity index is 1650. The van der Waals surface area contributed by atoms with Gasteiger partial charge in [-0.1, -0.05) is 35.9 Å². The highest BCUT2D eigenvalue weighted by atomic mass is 35.5. The molecule has 1 aliphatic heterocycles. The van der Waals surface area contributed by atoms with Gasteiger partial charge < -0.3 is 23.7 Å². The average Bonchev–Trinajstić information content (AvgIpc) is 3.05. The van der Waals surface area contributed by atoms with Crippen LogP contribution in [0.15, 0.2) is 71.9 Å². The third-order valence-corrected chi connectivity index (χ3v) is 7.99. The second kappa shape index (κ2) is 15.0. The standard InChI is InChI=1S/C33H31ClN2O7S/c1-21-24(4-3-5-27(21)23-6-7-29-32(14-23)41-11-10-40-29)20-43-31-15-30(25(18-37)13-28(31)34)42-19-22-12-26(17-35-16-22)44-36-9-8-33(38)39-2/h3-7,12-18,36H,8-11,19-20H2,1-2H3. The van der Waals surface area contributed by atoms with Gasteiger partial charge >= 0.3 is 5.97 Å². The van der Waals surface area contributed by atoms with Crippen molar-refractivity contribution in [1.82, 2.24) is 9.71 Å². The number of rotatable bonds is 13. The van der Waals surface area contributed by atoms with E-state index in [4.69, 9.17) is 30.5 Å². The molecule has 0 radical (unpaired) electrons. The zero-order chi connectivity index (χ0) is 30.9. The molecule has 1 aromatic heterocycles. The number of nitrogens with one attached hydrogen (secondary N) is 1. The molecule has 0 bridgehead atoms. The number of hydrogen-bond acceptors (Lipinski definition) is 10. The number of ether oxygens (including phenoxy) is 5. The summed E-state index contributed by atoms with van der Waals surface area (Å²) in [6, 6.07) is 17.1. The Morgan fingerprint density at radius 2 is 1.84 bits per heavy atom. The molecule has 0 spiro atoms. The van der Waals surface area contributed by atoms with Crippen molar-refractivity contribution in [3.8, 4) is 34.1 Å². The second-order valence-electron chi connectivity index (χ2n) is 9.82. The number of aldehydes is 1. The number of nitrogens with zero attached hydrogens (tertiary/aromatic N) is 1. The Morgan fingerprint density at radius 3 is 2.66 bits per heavy atom. The summed E-state index contributed by atoms with van der Waals surface area (Å²) >= 11 is 7.84. The van der Waals surface area contributed by atoms with E-state index in [9.17, 15) is 9.59 Å².